The maximum absolute atomic E-state index is 4.78. The molecule has 2 aromatic rings. The lowest BCUT2D eigenvalue weighted by Gasteiger charge is -2.36. The van der Waals surface area contributed by atoms with Gasteiger partial charge in [-0.3, -0.25) is 0 Å². The zero-order valence-electron chi connectivity index (χ0n) is 11.8. The Labute approximate surface area is 133 Å². The quantitative estimate of drug-likeness (QED) is 0.781. The zero-order valence-corrected chi connectivity index (χ0v) is 13.4. The number of hydrogen-bond acceptors (Lipinski definition) is 3. The van der Waals surface area contributed by atoms with Crippen molar-refractivity contribution in [2.45, 2.75) is 25.9 Å². The van der Waals surface area contributed by atoms with Crippen molar-refractivity contribution in [3.63, 3.8) is 0 Å². The molecule has 0 saturated carbocycles. The van der Waals surface area contributed by atoms with Crippen LogP contribution in [-0.4, -0.2) is 16.8 Å². The molecule has 2 aromatic carbocycles. The smallest absolute Gasteiger partial charge is 0.0782 e. The number of rotatable bonds is 1. The second kappa shape index (κ2) is 4.97. The van der Waals surface area contributed by atoms with Crippen molar-refractivity contribution in [3.05, 3.63) is 64.1 Å². The molecule has 0 saturated heterocycles. The van der Waals surface area contributed by atoms with E-state index >= 15 is 0 Å². The number of benzene rings is 2. The summed E-state index contributed by atoms with van der Waals surface area (Å²) in [7, 11) is 0. The Morgan fingerprint density at radius 1 is 1.05 bits per heavy atom. The van der Waals surface area contributed by atoms with Crippen molar-refractivity contribution in [2.75, 3.05) is 5.12 Å². The summed E-state index contributed by atoms with van der Waals surface area (Å²) in [5.41, 5.74) is 5.15. The first-order valence-corrected chi connectivity index (χ1v) is 7.96. The van der Waals surface area contributed by atoms with Gasteiger partial charge in [-0.25, -0.2) is 0 Å². The highest BCUT2D eigenvalue weighted by Crippen LogP contribution is 2.33. The minimum Gasteiger partial charge on any atom is -0.193 e. The number of hydrogen-bond donors (Lipinski definition) is 0. The minimum absolute atomic E-state index is 0.378. The molecule has 106 valence electrons. The fourth-order valence-electron chi connectivity index (χ4n) is 3.13. The van der Waals surface area contributed by atoms with Crippen molar-refractivity contribution in [1.82, 2.24) is 5.01 Å². The number of anilines is 1. The number of nitrogens with zero attached hydrogens (tertiary/aromatic N) is 3. The molecule has 2 heterocycles. The molecule has 2 aliphatic heterocycles. The largest absolute Gasteiger partial charge is 0.193 e. The van der Waals surface area contributed by atoms with Crippen LogP contribution >= 0.6 is 15.9 Å². The SMILES string of the molecule is CC1=NN(c2ccc(Br)cc2)N2Cc3ccccc3CC12. The van der Waals surface area contributed by atoms with Crippen molar-refractivity contribution in [3.8, 4) is 0 Å². The lowest BCUT2D eigenvalue weighted by molar-refractivity contribution is 0.218. The van der Waals surface area contributed by atoms with Gasteiger partial charge in [0.05, 0.1) is 17.4 Å². The first kappa shape index (κ1) is 13.0. The fourth-order valence-corrected chi connectivity index (χ4v) is 3.39. The molecule has 21 heavy (non-hydrogen) atoms. The molecule has 4 rings (SSSR count). The number of hydrazine groups is 1. The normalized spacial score (nSPS) is 21.0. The monoisotopic (exact) mass is 341 g/mol. The van der Waals surface area contributed by atoms with E-state index in [-0.39, 0.29) is 0 Å². The third-order valence-electron chi connectivity index (χ3n) is 4.26. The molecule has 1 unspecified atom stereocenters. The lowest BCUT2D eigenvalue weighted by Crippen LogP contribution is -2.46. The van der Waals surface area contributed by atoms with Crippen LogP contribution in [0, 0.1) is 0 Å². The topological polar surface area (TPSA) is 18.8 Å². The highest BCUT2D eigenvalue weighted by atomic mass is 79.9. The van der Waals surface area contributed by atoms with Gasteiger partial charge < -0.3 is 0 Å². The summed E-state index contributed by atoms with van der Waals surface area (Å²) in [5.74, 6) is 0. The Morgan fingerprint density at radius 3 is 2.52 bits per heavy atom. The number of halogens is 1. The predicted molar refractivity (Wildman–Crippen MR) is 89.2 cm³/mol. The molecular weight excluding hydrogens is 326 g/mol. The van der Waals surface area contributed by atoms with E-state index in [2.05, 4.69) is 81.5 Å². The summed E-state index contributed by atoms with van der Waals surface area (Å²) < 4.78 is 1.09. The van der Waals surface area contributed by atoms with E-state index in [1.54, 1.807) is 0 Å². The molecule has 2 aliphatic rings. The predicted octanol–water partition coefficient (Wildman–Crippen LogP) is 3.99. The van der Waals surface area contributed by atoms with Gasteiger partial charge in [-0.15, -0.1) is 0 Å². The van der Waals surface area contributed by atoms with Gasteiger partial charge >= 0.3 is 0 Å². The van der Waals surface area contributed by atoms with E-state index in [0.29, 0.717) is 6.04 Å². The van der Waals surface area contributed by atoms with E-state index in [1.807, 2.05) is 0 Å². The average Bonchev–Trinajstić information content (AvgIpc) is 2.83. The summed E-state index contributed by atoms with van der Waals surface area (Å²) in [6, 6.07) is 17.4. The van der Waals surface area contributed by atoms with Gasteiger partial charge in [-0.05, 0) is 48.7 Å². The summed E-state index contributed by atoms with van der Waals surface area (Å²) in [5, 5.41) is 9.20. The first-order chi connectivity index (χ1) is 10.2. The third-order valence-corrected chi connectivity index (χ3v) is 4.79. The molecular formula is C17H16BrN3. The average molecular weight is 342 g/mol. The maximum Gasteiger partial charge on any atom is 0.0782 e. The summed E-state index contributed by atoms with van der Waals surface area (Å²) >= 11 is 3.49. The second-order valence-electron chi connectivity index (χ2n) is 5.59. The zero-order chi connectivity index (χ0) is 14.4. The van der Waals surface area contributed by atoms with Crippen LogP contribution in [0.3, 0.4) is 0 Å². The van der Waals surface area contributed by atoms with Gasteiger partial charge in [0.2, 0.25) is 0 Å². The Balaban J connectivity index is 1.71. The summed E-state index contributed by atoms with van der Waals surface area (Å²) in [6.45, 7) is 3.04. The molecule has 0 spiro atoms. The first-order valence-electron chi connectivity index (χ1n) is 7.16. The number of hydrazone groups is 1. The molecule has 3 nitrogen and oxygen atoms in total. The molecule has 0 N–H and O–H groups in total. The van der Waals surface area contributed by atoms with E-state index in [9.17, 15) is 0 Å². The Bertz CT molecular complexity index is 708. The second-order valence-corrected chi connectivity index (χ2v) is 6.51. The van der Waals surface area contributed by atoms with E-state index in [1.165, 1.54) is 16.8 Å². The van der Waals surface area contributed by atoms with Crippen molar-refractivity contribution in [2.24, 2.45) is 5.10 Å². The summed E-state index contributed by atoms with van der Waals surface area (Å²) in [6.07, 6.45) is 1.04. The Kier molecular flexibility index (Phi) is 3.08. The van der Waals surface area contributed by atoms with Gasteiger partial charge in [-0.1, -0.05) is 40.2 Å². The Hall–Kier alpha value is -1.65. The number of fused-ring (bicyclic) bond motifs is 2. The van der Waals surface area contributed by atoms with Gasteiger partial charge in [0.15, 0.2) is 0 Å². The van der Waals surface area contributed by atoms with Crippen LogP contribution in [0.25, 0.3) is 0 Å². The van der Waals surface area contributed by atoms with Crippen LogP contribution in [0.15, 0.2) is 58.1 Å². The van der Waals surface area contributed by atoms with Crippen LogP contribution in [-0.2, 0) is 13.0 Å². The van der Waals surface area contributed by atoms with Crippen LogP contribution in [0.2, 0.25) is 0 Å². The van der Waals surface area contributed by atoms with Crippen molar-refractivity contribution < 1.29 is 0 Å². The van der Waals surface area contributed by atoms with Crippen LogP contribution in [0.1, 0.15) is 18.1 Å². The van der Waals surface area contributed by atoms with Crippen molar-refractivity contribution in [1.29, 1.82) is 0 Å². The molecule has 4 heteroatoms. The standard InChI is InChI=1S/C17H16BrN3/c1-12-17-10-13-4-2-3-5-14(13)11-20(17)21(19-12)16-8-6-15(18)7-9-16/h2-9,17H,10-11H2,1H3. The van der Waals surface area contributed by atoms with Gasteiger partial charge in [0, 0.05) is 11.0 Å². The summed E-state index contributed by atoms with van der Waals surface area (Å²) in [4.78, 5) is 0. The molecule has 0 bridgehead atoms. The molecule has 0 amide bonds. The highest BCUT2D eigenvalue weighted by Gasteiger charge is 2.37. The maximum atomic E-state index is 4.78. The molecule has 1 atom stereocenters. The fraction of sp³-hybridized carbons (Fsp3) is 0.235. The third kappa shape index (κ3) is 2.19. The van der Waals surface area contributed by atoms with Crippen LogP contribution in [0.4, 0.5) is 5.69 Å². The lowest BCUT2D eigenvalue weighted by atomic mass is 9.93. The van der Waals surface area contributed by atoms with Crippen LogP contribution in [0.5, 0.6) is 0 Å². The van der Waals surface area contributed by atoms with E-state index in [0.717, 1.165) is 23.1 Å². The van der Waals surface area contributed by atoms with Gasteiger partial charge in [-0.2, -0.15) is 15.2 Å². The molecule has 0 aromatic heterocycles. The molecule has 0 fully saturated rings. The van der Waals surface area contributed by atoms with Gasteiger partial charge in [0.25, 0.3) is 0 Å². The molecule has 0 aliphatic carbocycles. The highest BCUT2D eigenvalue weighted by molar-refractivity contribution is 9.10. The van der Waals surface area contributed by atoms with Crippen molar-refractivity contribution >= 4 is 27.3 Å². The Morgan fingerprint density at radius 2 is 1.76 bits per heavy atom. The van der Waals surface area contributed by atoms with E-state index in [4.69, 9.17) is 5.10 Å². The molecule has 0 radical (unpaired) electrons. The van der Waals surface area contributed by atoms with E-state index < -0.39 is 0 Å². The minimum atomic E-state index is 0.378. The van der Waals surface area contributed by atoms with Gasteiger partial charge in [0.1, 0.15) is 0 Å². The van der Waals surface area contributed by atoms with Crippen LogP contribution < -0.4 is 5.12 Å².